The topological polar surface area (TPSA) is 121 Å². The zero-order valence-electron chi connectivity index (χ0n) is 11.4. The Bertz CT molecular complexity index is 742. The van der Waals surface area contributed by atoms with E-state index >= 15 is 0 Å². The van der Waals surface area contributed by atoms with Crippen LogP contribution in [0.2, 0.25) is 0 Å². The summed E-state index contributed by atoms with van der Waals surface area (Å²) in [6.45, 7) is 1.95. The molecule has 106 valence electrons. The van der Waals surface area contributed by atoms with Crippen molar-refractivity contribution in [1.82, 2.24) is 29.7 Å². The van der Waals surface area contributed by atoms with Gasteiger partial charge < -0.3 is 11.5 Å². The molecule has 0 unspecified atom stereocenters. The number of nitrogen functional groups attached to an aromatic ring is 2. The predicted octanol–water partition coefficient (Wildman–Crippen LogP) is 0.846. The Kier molecular flexibility index (Phi) is 3.19. The van der Waals surface area contributed by atoms with Crippen LogP contribution < -0.4 is 11.5 Å². The van der Waals surface area contributed by atoms with Crippen LogP contribution in [0.3, 0.4) is 0 Å². The van der Waals surface area contributed by atoms with Gasteiger partial charge in [-0.1, -0.05) is 6.92 Å². The molecule has 4 N–H and O–H groups in total. The Balaban J connectivity index is 2.01. The molecule has 0 aliphatic heterocycles. The van der Waals surface area contributed by atoms with E-state index in [0.29, 0.717) is 24.0 Å². The molecule has 8 nitrogen and oxygen atoms in total. The molecule has 3 rings (SSSR count). The van der Waals surface area contributed by atoms with Gasteiger partial charge in [0.05, 0.1) is 11.9 Å². The number of aromatic nitrogens is 6. The van der Waals surface area contributed by atoms with Crippen LogP contribution in [0.25, 0.3) is 17.2 Å². The maximum Gasteiger partial charge on any atom is 0.254 e. The lowest BCUT2D eigenvalue weighted by Gasteiger charge is -2.07. The van der Waals surface area contributed by atoms with E-state index in [9.17, 15) is 0 Å². The van der Waals surface area contributed by atoms with Gasteiger partial charge in [0, 0.05) is 23.5 Å². The van der Waals surface area contributed by atoms with Crippen LogP contribution in [0.15, 0.2) is 31.0 Å². The third-order valence-electron chi connectivity index (χ3n) is 3.08. The van der Waals surface area contributed by atoms with Crippen LogP contribution >= 0.6 is 0 Å². The van der Waals surface area contributed by atoms with Gasteiger partial charge in [-0.15, -0.1) is 0 Å². The van der Waals surface area contributed by atoms with Gasteiger partial charge in [0.15, 0.2) is 0 Å². The second-order valence-electron chi connectivity index (χ2n) is 4.39. The third kappa shape index (κ3) is 2.38. The molecule has 0 atom stereocenters. The summed E-state index contributed by atoms with van der Waals surface area (Å²) in [5, 5.41) is 4.22. The van der Waals surface area contributed by atoms with E-state index in [-0.39, 0.29) is 0 Å². The molecule has 0 bridgehead atoms. The summed E-state index contributed by atoms with van der Waals surface area (Å²) in [4.78, 5) is 16.5. The standard InChI is InChI=1S/C13H14N8/c1-2-9-11(14)19-13(20-12(9)15)21-6-8(5-18-21)10-3-4-16-7-17-10/h3-7H,2H2,1H3,(H4,14,15,19,20). The Morgan fingerprint density at radius 2 is 1.95 bits per heavy atom. The average Bonchev–Trinajstić information content (AvgIpc) is 2.97. The first-order valence-electron chi connectivity index (χ1n) is 6.42. The van der Waals surface area contributed by atoms with E-state index in [4.69, 9.17) is 11.5 Å². The van der Waals surface area contributed by atoms with E-state index in [1.807, 2.05) is 6.92 Å². The molecular formula is C13H14N8. The number of rotatable bonds is 3. The van der Waals surface area contributed by atoms with E-state index in [2.05, 4.69) is 25.0 Å². The first-order chi connectivity index (χ1) is 10.2. The molecule has 0 saturated heterocycles. The average molecular weight is 282 g/mol. The maximum atomic E-state index is 5.90. The number of hydrogen-bond acceptors (Lipinski definition) is 7. The van der Waals surface area contributed by atoms with E-state index in [0.717, 1.165) is 16.8 Å². The minimum atomic E-state index is 0.336. The Hall–Kier alpha value is -3.03. The highest BCUT2D eigenvalue weighted by Crippen LogP contribution is 2.20. The van der Waals surface area contributed by atoms with Gasteiger partial charge in [0.1, 0.15) is 18.0 Å². The molecule has 3 aromatic heterocycles. The first-order valence-corrected chi connectivity index (χ1v) is 6.42. The first kappa shape index (κ1) is 13.0. The molecule has 3 heterocycles. The molecule has 8 heteroatoms. The summed E-state index contributed by atoms with van der Waals surface area (Å²) in [5.41, 5.74) is 14.1. The van der Waals surface area contributed by atoms with Crippen molar-refractivity contribution in [2.45, 2.75) is 13.3 Å². The van der Waals surface area contributed by atoms with E-state index in [1.54, 1.807) is 24.7 Å². The second-order valence-corrected chi connectivity index (χ2v) is 4.39. The fourth-order valence-electron chi connectivity index (χ4n) is 2.00. The highest BCUT2D eigenvalue weighted by molar-refractivity contribution is 5.57. The van der Waals surface area contributed by atoms with Crippen LogP contribution in [-0.4, -0.2) is 29.7 Å². The quantitative estimate of drug-likeness (QED) is 0.730. The van der Waals surface area contributed by atoms with Crippen molar-refractivity contribution in [2.75, 3.05) is 11.5 Å². The molecule has 0 aliphatic rings. The van der Waals surface area contributed by atoms with Crippen molar-refractivity contribution in [1.29, 1.82) is 0 Å². The van der Waals surface area contributed by atoms with Crippen molar-refractivity contribution in [3.8, 4) is 17.2 Å². The van der Waals surface area contributed by atoms with Gasteiger partial charge in [-0.25, -0.2) is 14.6 Å². The zero-order chi connectivity index (χ0) is 14.8. The highest BCUT2D eigenvalue weighted by atomic mass is 15.3. The Morgan fingerprint density at radius 1 is 1.19 bits per heavy atom. The predicted molar refractivity (Wildman–Crippen MR) is 78.4 cm³/mol. The molecular weight excluding hydrogens is 268 g/mol. The fourth-order valence-corrected chi connectivity index (χ4v) is 2.00. The summed E-state index contributed by atoms with van der Waals surface area (Å²) >= 11 is 0. The largest absolute Gasteiger partial charge is 0.383 e. The van der Waals surface area contributed by atoms with Crippen molar-refractivity contribution in [3.63, 3.8) is 0 Å². The van der Waals surface area contributed by atoms with Crippen molar-refractivity contribution in [3.05, 3.63) is 36.5 Å². The van der Waals surface area contributed by atoms with Crippen LogP contribution in [0, 0.1) is 0 Å². The smallest absolute Gasteiger partial charge is 0.254 e. The lowest BCUT2D eigenvalue weighted by atomic mass is 10.2. The normalized spacial score (nSPS) is 10.7. The van der Waals surface area contributed by atoms with Gasteiger partial charge in [-0.05, 0) is 12.5 Å². The van der Waals surface area contributed by atoms with Gasteiger partial charge in [0.2, 0.25) is 0 Å². The minimum Gasteiger partial charge on any atom is -0.383 e. The van der Waals surface area contributed by atoms with Gasteiger partial charge in [-0.3, -0.25) is 0 Å². The summed E-state index contributed by atoms with van der Waals surface area (Å²) in [5.74, 6) is 1.08. The molecule has 0 radical (unpaired) electrons. The lowest BCUT2D eigenvalue weighted by molar-refractivity contribution is 0.808. The minimum absolute atomic E-state index is 0.336. The summed E-state index contributed by atoms with van der Waals surface area (Å²) < 4.78 is 1.52. The van der Waals surface area contributed by atoms with Gasteiger partial charge in [-0.2, -0.15) is 15.1 Å². The number of hydrogen-bond donors (Lipinski definition) is 2. The van der Waals surface area contributed by atoms with Crippen LogP contribution in [0.5, 0.6) is 0 Å². The zero-order valence-corrected chi connectivity index (χ0v) is 11.4. The van der Waals surface area contributed by atoms with Crippen LogP contribution in [0.4, 0.5) is 11.6 Å². The van der Waals surface area contributed by atoms with Crippen molar-refractivity contribution >= 4 is 11.6 Å². The SMILES string of the molecule is CCc1c(N)nc(-n2cc(-c3ccncn3)cn2)nc1N. The molecule has 0 amide bonds. The summed E-state index contributed by atoms with van der Waals surface area (Å²) in [7, 11) is 0. The van der Waals surface area contributed by atoms with Crippen LogP contribution in [-0.2, 0) is 6.42 Å². The molecule has 0 aliphatic carbocycles. The van der Waals surface area contributed by atoms with Gasteiger partial charge in [0.25, 0.3) is 5.95 Å². The maximum absolute atomic E-state index is 5.90. The second kappa shape index (κ2) is 5.16. The summed E-state index contributed by atoms with van der Waals surface area (Å²) in [6, 6.07) is 1.80. The van der Waals surface area contributed by atoms with Gasteiger partial charge >= 0.3 is 0 Å². The summed E-state index contributed by atoms with van der Waals surface area (Å²) in [6.07, 6.45) is 7.27. The molecule has 3 aromatic rings. The molecule has 21 heavy (non-hydrogen) atoms. The number of nitrogens with two attached hydrogens (primary N) is 2. The van der Waals surface area contributed by atoms with E-state index in [1.165, 1.54) is 11.0 Å². The Morgan fingerprint density at radius 3 is 2.57 bits per heavy atom. The number of nitrogens with zero attached hydrogens (tertiary/aromatic N) is 6. The van der Waals surface area contributed by atoms with E-state index < -0.39 is 0 Å². The monoisotopic (exact) mass is 282 g/mol. The Labute approximate surface area is 120 Å². The fraction of sp³-hybridized carbons (Fsp3) is 0.154. The third-order valence-corrected chi connectivity index (χ3v) is 3.08. The van der Waals surface area contributed by atoms with Crippen molar-refractivity contribution in [2.24, 2.45) is 0 Å². The molecule has 0 fully saturated rings. The van der Waals surface area contributed by atoms with Crippen LogP contribution in [0.1, 0.15) is 12.5 Å². The highest BCUT2D eigenvalue weighted by Gasteiger charge is 2.11. The molecule has 0 saturated carbocycles. The van der Waals surface area contributed by atoms with Crippen molar-refractivity contribution < 1.29 is 0 Å². The molecule has 0 aromatic carbocycles. The lowest BCUT2D eigenvalue weighted by Crippen LogP contribution is -2.10. The number of anilines is 2. The molecule has 0 spiro atoms.